The molecule has 34 heteroatoms. The van der Waals surface area contributed by atoms with Gasteiger partial charge in [0.25, 0.3) is 0 Å². The Labute approximate surface area is 643 Å². The summed E-state index contributed by atoms with van der Waals surface area (Å²) in [4.78, 5) is 0. The minimum Gasteiger partial charge on any atom is -0.491 e. The third kappa shape index (κ3) is 25.4. The summed E-state index contributed by atoms with van der Waals surface area (Å²) < 4.78 is 177. The maximum atomic E-state index is 14.0. The monoisotopic (exact) mass is 1640 g/mol. The smallest absolute Gasteiger partial charge is 0.194 e. The molecule has 13 nitrogen and oxygen atoms in total. The van der Waals surface area contributed by atoms with Crippen molar-refractivity contribution in [2.45, 2.75) is 157 Å². The first kappa shape index (κ1) is 86.4. The minimum absolute atomic E-state index is 0.0116. The van der Waals surface area contributed by atoms with E-state index < -0.39 is 69.8 Å². The lowest BCUT2D eigenvalue weighted by Crippen LogP contribution is -1.99. The average molecular weight is 1640 g/mol. The molecule has 0 saturated carbocycles. The van der Waals surface area contributed by atoms with Crippen molar-refractivity contribution in [2.75, 3.05) is 7.11 Å². The van der Waals surface area contributed by atoms with E-state index in [4.69, 9.17) is 27.9 Å². The van der Waals surface area contributed by atoms with Crippen molar-refractivity contribution in [1.29, 1.82) is 0 Å². The highest BCUT2D eigenvalue weighted by Gasteiger charge is 2.22. The van der Waals surface area contributed by atoms with Crippen molar-refractivity contribution >= 4 is 91.2 Å². The number of halogens is 15. The second-order valence-corrected chi connectivity index (χ2v) is 32.6. The molecule has 0 bridgehead atoms. The molecule has 6 aromatic carbocycles. The second-order valence-electron chi connectivity index (χ2n) is 25.2. The van der Waals surface area contributed by atoms with E-state index in [0.717, 1.165) is 57.8 Å². The molecule has 0 amide bonds. The zero-order valence-corrected chi connectivity index (χ0v) is 66.1. The second kappa shape index (κ2) is 40.5. The van der Waals surface area contributed by atoms with Crippen LogP contribution in [0.1, 0.15) is 212 Å². The van der Waals surface area contributed by atoms with E-state index in [9.17, 15) is 57.1 Å². The maximum Gasteiger partial charge on any atom is 0.194 e. The minimum atomic E-state index is -1.44. The van der Waals surface area contributed by atoms with Crippen molar-refractivity contribution < 1.29 is 61.8 Å². The number of nitrogens with zero attached hydrogens (tertiary/aromatic N) is 12. The molecule has 0 N–H and O–H groups in total. The normalized spacial score (nSPS) is 11.2. The molecule has 6 aromatic heterocycles. The number of rotatable bonds is 19. The Bertz CT molecular complexity index is 4820. The standard InChI is InChI=1S/C13H14F2N2OS.2C12H12ClFN2S.3C12H11F3N2S/c1-7(2)13-17-16-10(19-13)6-8-4-5-9(14)12(18-3)11(8)15;1-7(2)12-16-15-11(17-12)6-8-3-4-10(14)9(13)5-8;1-7(2)12-16-15-10(17-12)6-8-4-3-5-9(13)11(8)14;1-6(2)12-17-16-11(18-12)5-8-9(14)3-7(13)4-10(8)15;1-6(2)12-17-16-11(18-12)4-7-3-9(14)10(15)5-8(7)13;1-6(2)12-17-16-9(18-12)5-7-3-4-8(13)11(15)10(7)14/h4-5,7H,6H2,1-3H3;2*3-5,7H,6H2,1-2H3;3-4,6H,5H2,1-2H3;3,5-6H,4H2,1-2H3;3-4,6H,5H2,1-2H3. The molecule has 0 fully saturated rings. The Hall–Kier alpha value is -7.85. The van der Waals surface area contributed by atoms with E-state index in [1.54, 1.807) is 41.7 Å². The van der Waals surface area contributed by atoms with Gasteiger partial charge in [-0.3, -0.25) is 0 Å². The zero-order chi connectivity index (χ0) is 78.7. The largest absolute Gasteiger partial charge is 0.491 e. The summed E-state index contributed by atoms with van der Waals surface area (Å²) in [6.07, 6.45) is 1.59. The van der Waals surface area contributed by atoms with Gasteiger partial charge in [-0.1, -0.05) is 137 Å². The Morgan fingerprint density at radius 1 is 0.299 bits per heavy atom. The van der Waals surface area contributed by atoms with Crippen molar-refractivity contribution in [1.82, 2.24) is 61.2 Å². The van der Waals surface area contributed by atoms with Crippen molar-refractivity contribution in [3.63, 3.8) is 0 Å². The summed E-state index contributed by atoms with van der Waals surface area (Å²) >= 11 is 20.0. The SMILES string of the molecule is CC(C)c1nnc(Cc2c(F)cc(F)cc2F)s1.CC(C)c1nnc(Cc2cc(F)c(F)cc2F)s1.CC(C)c1nnc(Cc2ccc(F)c(Cl)c2)s1.CC(C)c1nnc(Cc2ccc(F)c(F)c2F)s1.CC(C)c1nnc(Cc2cccc(Cl)c2F)s1.COc1c(F)ccc(Cc2nnc(C(C)C)s2)c1F. The number of aromatic nitrogens is 12. The Morgan fingerprint density at radius 3 is 1.05 bits per heavy atom. The summed E-state index contributed by atoms with van der Waals surface area (Å²) in [5, 5.41) is 57.8. The van der Waals surface area contributed by atoms with Gasteiger partial charge in [-0.25, -0.2) is 57.1 Å². The first-order valence-electron chi connectivity index (χ1n) is 32.8. The van der Waals surface area contributed by atoms with Gasteiger partial charge in [0.2, 0.25) is 0 Å². The van der Waals surface area contributed by atoms with Crippen LogP contribution < -0.4 is 4.74 Å². The van der Waals surface area contributed by atoms with Crippen LogP contribution in [0.3, 0.4) is 0 Å². The van der Waals surface area contributed by atoms with Gasteiger partial charge in [0.15, 0.2) is 46.5 Å². The zero-order valence-electron chi connectivity index (χ0n) is 59.7. The average Bonchev–Trinajstić information content (AvgIpc) is 1.82. The van der Waals surface area contributed by atoms with Crippen LogP contribution in [0.15, 0.2) is 84.9 Å². The highest BCUT2D eigenvalue weighted by Crippen LogP contribution is 2.32. The molecule has 107 heavy (non-hydrogen) atoms. The molecule has 0 atom stereocenters. The predicted octanol–water partition coefficient (Wildman–Crippen LogP) is 22.6. The molecule has 0 aliphatic carbocycles. The lowest BCUT2D eigenvalue weighted by molar-refractivity contribution is 0.358. The van der Waals surface area contributed by atoms with E-state index in [2.05, 4.69) is 88.9 Å². The van der Waals surface area contributed by atoms with E-state index in [1.807, 2.05) is 55.4 Å². The number of hydrogen-bond acceptors (Lipinski definition) is 19. The summed E-state index contributed by atoms with van der Waals surface area (Å²) in [6, 6.07) is 17.2. The predicted molar refractivity (Wildman–Crippen MR) is 396 cm³/mol. The highest BCUT2D eigenvalue weighted by molar-refractivity contribution is 7.12. The number of benzene rings is 6. The van der Waals surface area contributed by atoms with Crippen LogP contribution >= 0.6 is 91.2 Å². The summed E-state index contributed by atoms with van der Waals surface area (Å²) in [7, 11) is 1.24. The van der Waals surface area contributed by atoms with Crippen LogP contribution in [-0.4, -0.2) is 68.3 Å². The lowest BCUT2D eigenvalue weighted by Gasteiger charge is -2.07. The fourth-order valence-electron chi connectivity index (χ4n) is 8.78. The van der Waals surface area contributed by atoms with Crippen LogP contribution in [0, 0.1) is 75.6 Å². The third-order valence-corrected chi connectivity index (χ3v) is 22.5. The van der Waals surface area contributed by atoms with Gasteiger partial charge in [-0.15, -0.1) is 129 Å². The van der Waals surface area contributed by atoms with Crippen LogP contribution in [0.4, 0.5) is 57.1 Å². The van der Waals surface area contributed by atoms with E-state index >= 15 is 0 Å². The summed E-state index contributed by atoms with van der Waals surface area (Å²) in [6.45, 7) is 24.1. The van der Waals surface area contributed by atoms with Gasteiger partial charge in [0.1, 0.15) is 95.0 Å². The molecule has 0 saturated heterocycles. The van der Waals surface area contributed by atoms with E-state index in [-0.39, 0.29) is 81.7 Å². The van der Waals surface area contributed by atoms with Gasteiger partial charge < -0.3 is 4.74 Å². The van der Waals surface area contributed by atoms with Crippen LogP contribution in [0.5, 0.6) is 5.75 Å². The van der Waals surface area contributed by atoms with Gasteiger partial charge in [-0.2, -0.15) is 0 Å². The highest BCUT2D eigenvalue weighted by atomic mass is 35.5. The van der Waals surface area contributed by atoms with Gasteiger partial charge >= 0.3 is 0 Å². The van der Waals surface area contributed by atoms with E-state index in [0.29, 0.717) is 80.0 Å². The quantitative estimate of drug-likeness (QED) is 0.0427. The molecule has 12 rings (SSSR count). The molecule has 0 aliphatic rings. The Morgan fingerprint density at radius 2 is 0.654 bits per heavy atom. The Balaban J connectivity index is 0.000000179. The fourth-order valence-corrected chi connectivity index (χ4v) is 14.4. The fraction of sp³-hybridized carbons (Fsp3) is 0.342. The van der Waals surface area contributed by atoms with Crippen molar-refractivity contribution in [2.24, 2.45) is 0 Å². The Kier molecular flexibility index (Phi) is 32.7. The molecular weight excluding hydrogens is 1570 g/mol. The van der Waals surface area contributed by atoms with Crippen molar-refractivity contribution in [3.8, 4) is 5.75 Å². The molecule has 0 aliphatic heterocycles. The lowest BCUT2D eigenvalue weighted by atomic mass is 10.1. The van der Waals surface area contributed by atoms with Gasteiger partial charge in [0, 0.05) is 97.8 Å². The first-order chi connectivity index (χ1) is 50.6. The first-order valence-corrected chi connectivity index (χ1v) is 38.5. The van der Waals surface area contributed by atoms with Gasteiger partial charge in [-0.05, 0) is 64.2 Å². The molecule has 12 aromatic rings. The third-order valence-electron chi connectivity index (χ3n) is 14.6. The van der Waals surface area contributed by atoms with Crippen molar-refractivity contribution in [3.05, 3.63) is 264 Å². The summed E-state index contributed by atoms with van der Waals surface area (Å²) in [5.74, 6) is -10.3. The number of methoxy groups -OCH3 is 1. The molecule has 0 unspecified atom stereocenters. The molecule has 570 valence electrons. The molecule has 0 spiro atoms. The number of hydrogen-bond donors (Lipinski definition) is 0. The van der Waals surface area contributed by atoms with Gasteiger partial charge in [0.05, 0.1) is 17.2 Å². The topological polar surface area (TPSA) is 164 Å². The van der Waals surface area contributed by atoms with Crippen LogP contribution in [-0.2, 0) is 38.5 Å². The number of ether oxygens (including phenoxy) is 1. The maximum absolute atomic E-state index is 14.0. The van der Waals surface area contributed by atoms with Crippen LogP contribution in [0.25, 0.3) is 0 Å². The molecule has 0 radical (unpaired) electrons. The van der Waals surface area contributed by atoms with E-state index in [1.165, 1.54) is 88.1 Å². The summed E-state index contributed by atoms with van der Waals surface area (Å²) in [5.41, 5.74) is 1.85. The molecular formula is C73H71Cl2F13N12OS6. The molecule has 6 heterocycles. The van der Waals surface area contributed by atoms with Crippen LogP contribution in [0.2, 0.25) is 10.0 Å².